The minimum atomic E-state index is 0.0704. The molecule has 0 aliphatic rings. The van der Waals surface area contributed by atoms with Crippen molar-refractivity contribution in [3.05, 3.63) is 34.3 Å². The summed E-state index contributed by atoms with van der Waals surface area (Å²) in [4.78, 5) is 10.9. The summed E-state index contributed by atoms with van der Waals surface area (Å²) in [6.07, 6.45) is 0.681. The van der Waals surface area contributed by atoms with Crippen molar-refractivity contribution in [2.45, 2.75) is 19.8 Å². The van der Waals surface area contributed by atoms with E-state index in [0.29, 0.717) is 17.9 Å². The molecule has 0 saturated heterocycles. The second-order valence-electron chi connectivity index (χ2n) is 3.14. The van der Waals surface area contributed by atoms with Gasteiger partial charge in [-0.2, -0.15) is 5.26 Å². The van der Waals surface area contributed by atoms with Gasteiger partial charge in [0.05, 0.1) is 12.5 Å². The summed E-state index contributed by atoms with van der Waals surface area (Å²) < 4.78 is 0. The molecule has 72 valence electrons. The van der Waals surface area contributed by atoms with E-state index in [9.17, 15) is 4.79 Å². The topological polar surface area (TPSA) is 40.9 Å². The second kappa shape index (κ2) is 4.78. The molecule has 0 aromatic heterocycles. The fraction of sp³-hybridized carbons (Fsp3) is 0.273. The van der Waals surface area contributed by atoms with Crippen LogP contribution in [0.25, 0.3) is 0 Å². The van der Waals surface area contributed by atoms with Gasteiger partial charge < -0.3 is 0 Å². The van der Waals surface area contributed by atoms with Crippen molar-refractivity contribution in [3.8, 4) is 6.07 Å². The van der Waals surface area contributed by atoms with Crippen LogP contribution in [0.2, 0.25) is 5.02 Å². The Kier molecular flexibility index (Phi) is 3.67. The predicted octanol–water partition coefficient (Wildman–Crippen LogP) is 2.54. The molecule has 1 aromatic carbocycles. The van der Waals surface area contributed by atoms with Crippen LogP contribution >= 0.6 is 11.6 Å². The monoisotopic (exact) mass is 207 g/mol. The largest absolute Gasteiger partial charge is 0.300 e. The molecule has 0 aliphatic heterocycles. The van der Waals surface area contributed by atoms with E-state index in [1.165, 1.54) is 6.92 Å². The number of halogens is 1. The van der Waals surface area contributed by atoms with E-state index in [-0.39, 0.29) is 5.78 Å². The van der Waals surface area contributed by atoms with Gasteiger partial charge in [-0.15, -0.1) is 0 Å². The lowest BCUT2D eigenvalue weighted by molar-refractivity contribution is -0.116. The van der Waals surface area contributed by atoms with E-state index in [1.807, 2.05) is 6.07 Å². The molecular weight excluding hydrogens is 198 g/mol. The molecular formula is C11H10ClNO. The Balaban J connectivity index is 2.97. The fourth-order valence-electron chi connectivity index (χ4n) is 1.23. The average molecular weight is 208 g/mol. The average Bonchev–Trinajstić information content (AvgIpc) is 2.10. The third-order valence-corrected chi connectivity index (χ3v) is 2.20. The molecule has 0 heterocycles. The predicted molar refractivity (Wildman–Crippen MR) is 55.2 cm³/mol. The van der Waals surface area contributed by atoms with Gasteiger partial charge in [-0.3, -0.25) is 4.79 Å². The fourth-order valence-corrected chi connectivity index (χ4v) is 1.42. The normalized spacial score (nSPS) is 9.50. The van der Waals surface area contributed by atoms with E-state index >= 15 is 0 Å². The first-order valence-electron chi connectivity index (χ1n) is 4.27. The Morgan fingerprint density at radius 1 is 1.57 bits per heavy atom. The number of Topliss-reactive ketones (excluding diaryl/α,β-unsaturated/α-hetero) is 1. The van der Waals surface area contributed by atoms with E-state index < -0.39 is 0 Å². The molecule has 0 spiro atoms. The van der Waals surface area contributed by atoms with Crippen LogP contribution in [0.5, 0.6) is 0 Å². The summed E-state index contributed by atoms with van der Waals surface area (Å²) in [6.45, 7) is 1.52. The van der Waals surface area contributed by atoms with E-state index in [2.05, 4.69) is 6.07 Å². The first kappa shape index (κ1) is 10.7. The summed E-state index contributed by atoms with van der Waals surface area (Å²) in [7, 11) is 0. The summed E-state index contributed by atoms with van der Waals surface area (Å²) in [5.41, 5.74) is 1.69. The summed E-state index contributed by atoms with van der Waals surface area (Å²) in [6, 6.07) is 7.40. The smallest absolute Gasteiger partial charge is 0.134 e. The number of benzene rings is 1. The Hall–Kier alpha value is -1.33. The maximum Gasteiger partial charge on any atom is 0.134 e. The molecule has 1 rings (SSSR count). The maximum absolute atomic E-state index is 10.9. The molecule has 0 radical (unpaired) electrons. The number of nitriles is 1. The van der Waals surface area contributed by atoms with Crippen molar-refractivity contribution >= 4 is 17.4 Å². The van der Waals surface area contributed by atoms with Gasteiger partial charge in [-0.25, -0.2) is 0 Å². The minimum Gasteiger partial charge on any atom is -0.300 e. The zero-order chi connectivity index (χ0) is 10.6. The molecule has 0 amide bonds. The lowest BCUT2D eigenvalue weighted by Gasteiger charge is -2.03. The molecule has 1 aromatic rings. The Bertz CT molecular complexity index is 393. The SMILES string of the molecule is CC(=O)Cc1cc(CC#N)ccc1Cl. The van der Waals surface area contributed by atoms with E-state index in [1.54, 1.807) is 12.1 Å². The first-order chi connectivity index (χ1) is 6.63. The number of rotatable bonds is 3. The van der Waals surface area contributed by atoms with E-state index in [0.717, 1.165) is 11.1 Å². The highest BCUT2D eigenvalue weighted by atomic mass is 35.5. The quantitative estimate of drug-likeness (QED) is 0.764. The van der Waals surface area contributed by atoms with Crippen LogP contribution in [0.15, 0.2) is 18.2 Å². The van der Waals surface area contributed by atoms with Crippen LogP contribution in [0.1, 0.15) is 18.1 Å². The second-order valence-corrected chi connectivity index (χ2v) is 3.55. The number of nitrogens with zero attached hydrogens (tertiary/aromatic N) is 1. The van der Waals surface area contributed by atoms with Gasteiger partial charge in [-0.05, 0) is 24.1 Å². The van der Waals surface area contributed by atoms with Crippen molar-refractivity contribution < 1.29 is 4.79 Å². The van der Waals surface area contributed by atoms with Gasteiger partial charge in [0, 0.05) is 11.4 Å². The maximum atomic E-state index is 10.9. The molecule has 0 saturated carbocycles. The number of carbonyl (C=O) groups is 1. The van der Waals surface area contributed by atoms with Crippen molar-refractivity contribution in [3.63, 3.8) is 0 Å². The van der Waals surface area contributed by atoms with Gasteiger partial charge in [0.2, 0.25) is 0 Å². The van der Waals surface area contributed by atoms with Crippen LogP contribution in [-0.2, 0) is 17.6 Å². The highest BCUT2D eigenvalue weighted by Gasteiger charge is 2.04. The zero-order valence-corrected chi connectivity index (χ0v) is 8.64. The minimum absolute atomic E-state index is 0.0704. The number of carbonyl (C=O) groups excluding carboxylic acids is 1. The highest BCUT2D eigenvalue weighted by Crippen LogP contribution is 2.18. The number of ketones is 1. The molecule has 0 N–H and O–H groups in total. The van der Waals surface area contributed by atoms with Crippen LogP contribution in [0.4, 0.5) is 0 Å². The third-order valence-electron chi connectivity index (χ3n) is 1.83. The molecule has 0 bridgehead atoms. The van der Waals surface area contributed by atoms with Crippen molar-refractivity contribution in [2.24, 2.45) is 0 Å². The summed E-state index contributed by atoms with van der Waals surface area (Å²) in [5.74, 6) is 0.0704. The molecule has 0 aliphatic carbocycles. The van der Waals surface area contributed by atoms with Gasteiger partial charge in [0.15, 0.2) is 0 Å². The summed E-state index contributed by atoms with van der Waals surface area (Å²) >= 11 is 5.91. The molecule has 0 fully saturated rings. The van der Waals surface area contributed by atoms with Gasteiger partial charge in [0.25, 0.3) is 0 Å². The lowest BCUT2D eigenvalue weighted by Crippen LogP contribution is -1.98. The van der Waals surface area contributed by atoms with Gasteiger partial charge in [-0.1, -0.05) is 23.7 Å². The highest BCUT2D eigenvalue weighted by molar-refractivity contribution is 6.31. The van der Waals surface area contributed by atoms with Crippen LogP contribution in [0, 0.1) is 11.3 Å². The molecule has 14 heavy (non-hydrogen) atoms. The Labute approximate surface area is 88.1 Å². The van der Waals surface area contributed by atoms with Crippen LogP contribution < -0.4 is 0 Å². The molecule has 0 unspecified atom stereocenters. The van der Waals surface area contributed by atoms with Gasteiger partial charge in [0.1, 0.15) is 5.78 Å². The molecule has 3 heteroatoms. The molecule has 2 nitrogen and oxygen atoms in total. The van der Waals surface area contributed by atoms with Crippen LogP contribution in [-0.4, -0.2) is 5.78 Å². The van der Waals surface area contributed by atoms with Crippen LogP contribution in [0.3, 0.4) is 0 Å². The Morgan fingerprint density at radius 2 is 2.29 bits per heavy atom. The first-order valence-corrected chi connectivity index (χ1v) is 4.65. The zero-order valence-electron chi connectivity index (χ0n) is 7.88. The lowest BCUT2D eigenvalue weighted by atomic mass is 10.0. The number of hydrogen-bond donors (Lipinski definition) is 0. The standard InChI is InChI=1S/C11H10ClNO/c1-8(14)6-10-7-9(4-5-13)2-3-11(10)12/h2-3,7H,4,6H2,1H3. The van der Waals surface area contributed by atoms with Crippen molar-refractivity contribution in [1.29, 1.82) is 5.26 Å². The number of hydrogen-bond acceptors (Lipinski definition) is 2. The third kappa shape index (κ3) is 2.86. The molecule has 0 atom stereocenters. The Morgan fingerprint density at radius 3 is 2.86 bits per heavy atom. The van der Waals surface area contributed by atoms with Gasteiger partial charge >= 0.3 is 0 Å². The van der Waals surface area contributed by atoms with Crippen molar-refractivity contribution in [1.82, 2.24) is 0 Å². The van der Waals surface area contributed by atoms with E-state index in [4.69, 9.17) is 16.9 Å². The van der Waals surface area contributed by atoms with Crippen molar-refractivity contribution in [2.75, 3.05) is 0 Å². The summed E-state index contributed by atoms with van der Waals surface area (Å²) in [5, 5.41) is 9.10.